The first kappa shape index (κ1) is 17.9. The number of thiophene rings is 1. The minimum Gasteiger partial charge on any atom is -0.349 e. The van der Waals surface area contributed by atoms with Crippen LogP contribution in [0.5, 0.6) is 0 Å². The smallest absolute Gasteiger partial charge is 0.262 e. The van der Waals surface area contributed by atoms with Crippen LogP contribution in [0.4, 0.5) is 0 Å². The van der Waals surface area contributed by atoms with Crippen LogP contribution in [-0.4, -0.2) is 31.4 Å². The van der Waals surface area contributed by atoms with E-state index in [-0.39, 0.29) is 11.9 Å². The molecule has 0 saturated heterocycles. The first-order valence-electron chi connectivity index (χ1n) is 8.15. The normalized spacial score (nSPS) is 12.5. The van der Waals surface area contributed by atoms with Crippen LogP contribution >= 0.6 is 22.9 Å². The van der Waals surface area contributed by atoms with Gasteiger partial charge in [-0.1, -0.05) is 54.1 Å². The Morgan fingerprint density at radius 3 is 2.60 bits per heavy atom. The molecule has 3 rings (SSSR count). The van der Waals surface area contributed by atoms with E-state index in [1.165, 1.54) is 16.9 Å². The minimum atomic E-state index is -0.119. The summed E-state index contributed by atoms with van der Waals surface area (Å²) >= 11 is 7.88. The van der Waals surface area contributed by atoms with Gasteiger partial charge in [-0.3, -0.25) is 4.79 Å². The zero-order valence-corrected chi connectivity index (χ0v) is 16.1. The average Bonchev–Trinajstić information content (AvgIpc) is 2.91. The summed E-state index contributed by atoms with van der Waals surface area (Å²) < 4.78 is 1.04. The zero-order chi connectivity index (χ0) is 18.0. The molecule has 1 atom stereocenters. The number of nitrogens with one attached hydrogen (secondary N) is 1. The lowest BCUT2D eigenvalue weighted by atomic mass is 10.1. The van der Waals surface area contributed by atoms with Crippen molar-refractivity contribution >= 4 is 38.9 Å². The molecule has 0 unspecified atom stereocenters. The fourth-order valence-electron chi connectivity index (χ4n) is 2.86. The lowest BCUT2D eigenvalue weighted by molar-refractivity contribution is 0.0946. The maximum Gasteiger partial charge on any atom is 0.262 e. The standard InChI is InChI=1S/C20H21ClN2OS/c1-13-9-10-15-17(11-13)25-19(18(15)21)20(24)22-12-16(23(2)3)14-7-5-4-6-8-14/h4-11,16H,12H2,1-3H3,(H,22,24)/t16-/m0/s1. The van der Waals surface area contributed by atoms with Gasteiger partial charge in [0.15, 0.2) is 0 Å². The van der Waals surface area contributed by atoms with Crippen LogP contribution in [0.25, 0.3) is 10.1 Å². The third-order valence-corrected chi connectivity index (χ3v) is 5.91. The number of carbonyl (C=O) groups is 1. The molecule has 5 heteroatoms. The summed E-state index contributed by atoms with van der Waals surface area (Å²) in [5, 5.41) is 4.52. The van der Waals surface area contributed by atoms with Gasteiger partial charge in [0.2, 0.25) is 0 Å². The molecule has 0 aliphatic rings. The van der Waals surface area contributed by atoms with Gasteiger partial charge in [-0.2, -0.15) is 0 Å². The molecular weight excluding hydrogens is 352 g/mol. The van der Waals surface area contributed by atoms with E-state index < -0.39 is 0 Å². The largest absolute Gasteiger partial charge is 0.349 e. The van der Waals surface area contributed by atoms with Crippen LogP contribution in [0.2, 0.25) is 5.02 Å². The number of hydrogen-bond acceptors (Lipinski definition) is 3. The number of hydrogen-bond donors (Lipinski definition) is 1. The highest BCUT2D eigenvalue weighted by molar-refractivity contribution is 7.21. The highest BCUT2D eigenvalue weighted by atomic mass is 35.5. The highest BCUT2D eigenvalue weighted by Crippen LogP contribution is 2.35. The second-order valence-corrected chi connectivity index (χ2v) is 7.78. The fourth-order valence-corrected chi connectivity index (χ4v) is 4.39. The Balaban J connectivity index is 1.79. The van der Waals surface area contributed by atoms with E-state index in [2.05, 4.69) is 28.4 Å². The van der Waals surface area contributed by atoms with E-state index in [4.69, 9.17) is 11.6 Å². The molecular formula is C20H21ClN2OS. The van der Waals surface area contributed by atoms with Gasteiger partial charge in [-0.25, -0.2) is 0 Å². The van der Waals surface area contributed by atoms with Crippen LogP contribution in [0, 0.1) is 6.92 Å². The van der Waals surface area contributed by atoms with Gasteiger partial charge in [0.05, 0.1) is 11.1 Å². The predicted octanol–water partition coefficient (Wildman–Crippen LogP) is 4.90. The molecule has 1 aromatic heterocycles. The summed E-state index contributed by atoms with van der Waals surface area (Å²) in [5.74, 6) is -0.119. The Hall–Kier alpha value is -1.88. The molecule has 0 aliphatic carbocycles. The molecule has 3 nitrogen and oxygen atoms in total. The van der Waals surface area contributed by atoms with E-state index in [1.54, 1.807) is 0 Å². The van der Waals surface area contributed by atoms with Gasteiger partial charge in [0, 0.05) is 16.6 Å². The molecule has 1 heterocycles. The molecule has 1 amide bonds. The number of likely N-dealkylation sites (N-methyl/N-ethyl adjacent to an activating group) is 1. The van der Waals surface area contributed by atoms with Gasteiger partial charge in [-0.15, -0.1) is 11.3 Å². The maximum atomic E-state index is 12.7. The van der Waals surface area contributed by atoms with Crippen molar-refractivity contribution in [2.24, 2.45) is 0 Å². The molecule has 0 bridgehead atoms. The number of rotatable bonds is 5. The van der Waals surface area contributed by atoms with Gasteiger partial charge < -0.3 is 10.2 Å². The Bertz CT molecular complexity index is 889. The maximum absolute atomic E-state index is 12.7. The van der Waals surface area contributed by atoms with Gasteiger partial charge in [0.1, 0.15) is 4.88 Å². The molecule has 0 radical (unpaired) electrons. The lowest BCUT2D eigenvalue weighted by Gasteiger charge is -2.25. The van der Waals surface area contributed by atoms with Crippen LogP contribution in [0.3, 0.4) is 0 Å². The van der Waals surface area contributed by atoms with E-state index >= 15 is 0 Å². The van der Waals surface area contributed by atoms with E-state index in [9.17, 15) is 4.79 Å². The van der Waals surface area contributed by atoms with Crippen LogP contribution < -0.4 is 5.32 Å². The lowest BCUT2D eigenvalue weighted by Crippen LogP contribution is -2.34. The van der Waals surface area contributed by atoms with Crippen LogP contribution in [0.15, 0.2) is 48.5 Å². The summed E-state index contributed by atoms with van der Waals surface area (Å²) in [6.07, 6.45) is 0. The van der Waals surface area contributed by atoms with E-state index in [0.29, 0.717) is 16.4 Å². The summed E-state index contributed by atoms with van der Waals surface area (Å²) in [6.45, 7) is 2.56. The summed E-state index contributed by atoms with van der Waals surface area (Å²) in [7, 11) is 4.03. The van der Waals surface area contributed by atoms with E-state index in [0.717, 1.165) is 15.6 Å². The van der Waals surface area contributed by atoms with Crippen LogP contribution in [-0.2, 0) is 0 Å². The zero-order valence-electron chi connectivity index (χ0n) is 14.5. The molecule has 25 heavy (non-hydrogen) atoms. The molecule has 0 fully saturated rings. The Morgan fingerprint density at radius 2 is 1.92 bits per heavy atom. The molecule has 0 aliphatic heterocycles. The average molecular weight is 373 g/mol. The van der Waals surface area contributed by atoms with Crippen molar-refractivity contribution in [1.29, 1.82) is 0 Å². The van der Waals surface area contributed by atoms with Crippen molar-refractivity contribution in [2.45, 2.75) is 13.0 Å². The number of benzene rings is 2. The Kier molecular flexibility index (Phi) is 5.42. The number of amides is 1. The summed E-state index contributed by atoms with van der Waals surface area (Å²) in [5.41, 5.74) is 2.33. The number of halogens is 1. The Morgan fingerprint density at radius 1 is 1.20 bits per heavy atom. The summed E-state index contributed by atoms with van der Waals surface area (Å²) in [6, 6.07) is 16.3. The molecule has 130 valence electrons. The van der Waals surface area contributed by atoms with Gasteiger partial charge >= 0.3 is 0 Å². The van der Waals surface area contributed by atoms with E-state index in [1.807, 2.05) is 51.4 Å². The first-order valence-corrected chi connectivity index (χ1v) is 9.35. The molecule has 3 aromatic rings. The van der Waals surface area contributed by atoms with Crippen LogP contribution in [0.1, 0.15) is 26.8 Å². The molecule has 0 spiro atoms. The van der Waals surface area contributed by atoms with Crippen molar-refractivity contribution < 1.29 is 4.79 Å². The Labute approximate surface area is 157 Å². The predicted molar refractivity (Wildman–Crippen MR) is 107 cm³/mol. The van der Waals surface area contributed by atoms with Crippen molar-refractivity contribution in [3.63, 3.8) is 0 Å². The molecule has 0 saturated carbocycles. The number of carbonyl (C=O) groups excluding carboxylic acids is 1. The monoisotopic (exact) mass is 372 g/mol. The van der Waals surface area contributed by atoms with Crippen molar-refractivity contribution in [2.75, 3.05) is 20.6 Å². The number of aryl methyl sites for hydroxylation is 1. The third kappa shape index (κ3) is 3.87. The first-order chi connectivity index (χ1) is 12.0. The number of nitrogens with zero attached hydrogens (tertiary/aromatic N) is 1. The fraction of sp³-hybridized carbons (Fsp3) is 0.250. The van der Waals surface area contributed by atoms with Crippen molar-refractivity contribution in [3.05, 3.63) is 69.6 Å². The SMILES string of the molecule is Cc1ccc2c(Cl)c(C(=O)NC[C@@H](c3ccccc3)N(C)C)sc2c1. The molecule has 2 aromatic carbocycles. The topological polar surface area (TPSA) is 32.3 Å². The quantitative estimate of drug-likeness (QED) is 0.691. The second kappa shape index (κ2) is 7.56. The highest BCUT2D eigenvalue weighted by Gasteiger charge is 2.20. The van der Waals surface area contributed by atoms with Gasteiger partial charge in [-0.05, 0) is 38.2 Å². The van der Waals surface area contributed by atoms with Crippen molar-refractivity contribution in [3.8, 4) is 0 Å². The minimum absolute atomic E-state index is 0.112. The third-order valence-electron chi connectivity index (χ3n) is 4.25. The van der Waals surface area contributed by atoms with Gasteiger partial charge in [0.25, 0.3) is 5.91 Å². The second-order valence-electron chi connectivity index (χ2n) is 6.34. The summed E-state index contributed by atoms with van der Waals surface area (Å²) in [4.78, 5) is 15.4. The van der Waals surface area contributed by atoms with Crippen molar-refractivity contribution in [1.82, 2.24) is 10.2 Å². The molecule has 1 N–H and O–H groups in total. The number of fused-ring (bicyclic) bond motifs is 1.